The zero-order chi connectivity index (χ0) is 15.8. The monoisotopic (exact) mass is 345 g/mol. The molecule has 0 bridgehead atoms. The van der Waals surface area contributed by atoms with Gasteiger partial charge in [-0.2, -0.15) is 4.98 Å². The van der Waals surface area contributed by atoms with Crippen molar-refractivity contribution in [1.29, 1.82) is 0 Å². The fourth-order valence-corrected chi connectivity index (χ4v) is 3.80. The van der Waals surface area contributed by atoms with Crippen LogP contribution in [0, 0.1) is 12.8 Å². The van der Waals surface area contributed by atoms with E-state index in [2.05, 4.69) is 57.4 Å². The maximum absolute atomic E-state index is 5.98. The molecule has 0 unspecified atom stereocenters. The van der Waals surface area contributed by atoms with Gasteiger partial charge in [0.05, 0.1) is 5.69 Å². The molecular formula is C18H24ClN5. The zero-order valence-electron chi connectivity index (χ0n) is 13.9. The van der Waals surface area contributed by atoms with E-state index in [1.54, 1.807) is 0 Å². The summed E-state index contributed by atoms with van der Waals surface area (Å²) in [4.78, 5) is 11.3. The van der Waals surface area contributed by atoms with Crippen LogP contribution in [0.5, 0.6) is 0 Å². The van der Waals surface area contributed by atoms with E-state index >= 15 is 0 Å². The van der Waals surface area contributed by atoms with E-state index in [4.69, 9.17) is 5.73 Å². The van der Waals surface area contributed by atoms with Crippen molar-refractivity contribution in [3.05, 3.63) is 35.9 Å². The number of aryl methyl sites for hydroxylation is 1. The number of anilines is 2. The molecule has 5 nitrogen and oxygen atoms in total. The Morgan fingerprint density at radius 2 is 2.08 bits per heavy atom. The van der Waals surface area contributed by atoms with E-state index < -0.39 is 0 Å². The van der Waals surface area contributed by atoms with E-state index in [0.717, 1.165) is 42.6 Å². The van der Waals surface area contributed by atoms with Gasteiger partial charge in [0.2, 0.25) is 5.95 Å². The summed E-state index contributed by atoms with van der Waals surface area (Å²) < 4.78 is 0. The van der Waals surface area contributed by atoms with E-state index in [-0.39, 0.29) is 12.4 Å². The Bertz CT molecular complexity index is 706. The number of nitrogens with zero attached hydrogens (tertiary/aromatic N) is 3. The van der Waals surface area contributed by atoms with Crippen LogP contribution in [0.15, 0.2) is 30.3 Å². The topological polar surface area (TPSA) is 67.1 Å². The molecule has 6 heteroatoms. The second-order valence-corrected chi connectivity index (χ2v) is 6.71. The summed E-state index contributed by atoms with van der Waals surface area (Å²) in [6, 6.07) is 11.0. The second-order valence-electron chi connectivity index (χ2n) is 6.71. The van der Waals surface area contributed by atoms with Gasteiger partial charge < -0.3 is 16.0 Å². The van der Waals surface area contributed by atoms with Crippen LogP contribution < -0.4 is 16.0 Å². The molecule has 3 heterocycles. The Balaban J connectivity index is 0.00000169. The number of rotatable bonds is 2. The molecule has 2 fully saturated rings. The number of piperidine rings is 1. The van der Waals surface area contributed by atoms with Crippen molar-refractivity contribution in [2.45, 2.75) is 25.8 Å². The van der Waals surface area contributed by atoms with Crippen LogP contribution >= 0.6 is 12.4 Å². The van der Waals surface area contributed by atoms with Gasteiger partial charge in [0.25, 0.3) is 0 Å². The van der Waals surface area contributed by atoms with Gasteiger partial charge in [-0.1, -0.05) is 23.8 Å². The molecule has 1 aromatic heterocycles. The Kier molecular flexibility index (Phi) is 4.92. The number of aromatic nitrogens is 2. The van der Waals surface area contributed by atoms with E-state index in [1.807, 2.05) is 0 Å². The Labute approximate surface area is 149 Å². The predicted molar refractivity (Wildman–Crippen MR) is 101 cm³/mol. The minimum Gasteiger partial charge on any atom is -0.368 e. The van der Waals surface area contributed by atoms with Gasteiger partial charge >= 0.3 is 0 Å². The summed E-state index contributed by atoms with van der Waals surface area (Å²) in [5.74, 6) is 2.02. The first-order valence-electron chi connectivity index (χ1n) is 8.39. The lowest BCUT2D eigenvalue weighted by Crippen LogP contribution is -2.40. The minimum absolute atomic E-state index is 0. The van der Waals surface area contributed by atoms with Gasteiger partial charge in [-0.3, -0.25) is 0 Å². The fourth-order valence-electron chi connectivity index (χ4n) is 3.80. The van der Waals surface area contributed by atoms with Crippen LogP contribution in [-0.4, -0.2) is 35.6 Å². The van der Waals surface area contributed by atoms with Crippen molar-refractivity contribution in [2.24, 2.45) is 5.92 Å². The van der Waals surface area contributed by atoms with Gasteiger partial charge in [0.15, 0.2) is 0 Å². The zero-order valence-corrected chi connectivity index (χ0v) is 14.7. The number of nitrogens with one attached hydrogen (secondary N) is 1. The van der Waals surface area contributed by atoms with Crippen molar-refractivity contribution >= 4 is 24.2 Å². The van der Waals surface area contributed by atoms with Gasteiger partial charge in [-0.05, 0) is 38.3 Å². The normalized spacial score (nSPS) is 22.8. The molecule has 128 valence electrons. The third-order valence-corrected chi connectivity index (χ3v) is 4.97. The van der Waals surface area contributed by atoms with Crippen molar-refractivity contribution in [2.75, 3.05) is 30.3 Å². The van der Waals surface area contributed by atoms with Crippen LogP contribution in [0.25, 0.3) is 11.3 Å². The van der Waals surface area contributed by atoms with Crippen molar-refractivity contribution in [3.63, 3.8) is 0 Å². The highest BCUT2D eigenvalue weighted by Crippen LogP contribution is 2.30. The first kappa shape index (κ1) is 17.0. The van der Waals surface area contributed by atoms with Gasteiger partial charge in [0.1, 0.15) is 5.82 Å². The molecule has 2 saturated heterocycles. The molecule has 3 N–H and O–H groups in total. The lowest BCUT2D eigenvalue weighted by atomic mass is 9.94. The molecule has 2 atom stereocenters. The van der Waals surface area contributed by atoms with E-state index in [9.17, 15) is 0 Å². The summed E-state index contributed by atoms with van der Waals surface area (Å²) in [7, 11) is 0. The summed E-state index contributed by atoms with van der Waals surface area (Å²) in [6.45, 7) is 5.29. The van der Waals surface area contributed by atoms with Gasteiger partial charge in [-0.25, -0.2) is 4.98 Å². The predicted octanol–water partition coefficient (Wildman–Crippen LogP) is 2.64. The molecule has 1 aromatic carbocycles. The van der Waals surface area contributed by atoms with E-state index in [0.29, 0.717) is 12.0 Å². The first-order chi connectivity index (χ1) is 11.2. The van der Waals surface area contributed by atoms with Gasteiger partial charge in [-0.15, -0.1) is 12.4 Å². The van der Waals surface area contributed by atoms with E-state index in [1.165, 1.54) is 18.4 Å². The lowest BCUT2D eigenvalue weighted by Gasteiger charge is -2.24. The maximum atomic E-state index is 5.98. The SMILES string of the molecule is Cc1cccc(-c2cc(N3C[C@H]4CCCN[C@H]4C3)nc(N)n2)c1.Cl. The average molecular weight is 346 g/mol. The molecule has 2 aromatic rings. The second kappa shape index (κ2) is 6.95. The van der Waals surface area contributed by atoms with Crippen LogP contribution in [0.3, 0.4) is 0 Å². The highest BCUT2D eigenvalue weighted by molar-refractivity contribution is 5.85. The third-order valence-electron chi connectivity index (χ3n) is 4.97. The van der Waals surface area contributed by atoms with Gasteiger partial charge in [0, 0.05) is 30.8 Å². The number of benzene rings is 1. The molecule has 4 rings (SSSR count). The van der Waals surface area contributed by atoms with Crippen LogP contribution in [0.4, 0.5) is 11.8 Å². The molecule has 2 aliphatic heterocycles. The Hall–Kier alpha value is -1.85. The molecule has 0 radical (unpaired) electrons. The average Bonchev–Trinajstić information content (AvgIpc) is 2.98. The fraction of sp³-hybridized carbons (Fsp3) is 0.444. The number of nitrogens with two attached hydrogens (primary N) is 1. The van der Waals surface area contributed by atoms with Crippen LogP contribution in [0.1, 0.15) is 18.4 Å². The number of hydrogen-bond donors (Lipinski definition) is 2. The first-order valence-corrected chi connectivity index (χ1v) is 8.39. The summed E-state index contributed by atoms with van der Waals surface area (Å²) in [5, 5.41) is 3.63. The molecule has 0 saturated carbocycles. The molecular weight excluding hydrogens is 322 g/mol. The summed E-state index contributed by atoms with van der Waals surface area (Å²) >= 11 is 0. The maximum Gasteiger partial charge on any atom is 0.222 e. The highest BCUT2D eigenvalue weighted by atomic mass is 35.5. The minimum atomic E-state index is 0. The third kappa shape index (κ3) is 3.32. The number of fused-ring (bicyclic) bond motifs is 1. The molecule has 24 heavy (non-hydrogen) atoms. The van der Waals surface area contributed by atoms with Crippen LogP contribution in [-0.2, 0) is 0 Å². The standard InChI is InChI=1S/C18H23N5.ClH/c1-12-4-2-5-13(8-12)15-9-17(22-18(19)21-15)23-10-14-6-3-7-20-16(14)11-23;/h2,4-5,8-9,14,16,20H,3,6-7,10-11H2,1H3,(H2,19,21,22);1H/t14-,16+;/m1./s1. The van der Waals surface area contributed by atoms with Crippen molar-refractivity contribution in [1.82, 2.24) is 15.3 Å². The number of halogens is 1. The molecule has 0 spiro atoms. The quantitative estimate of drug-likeness (QED) is 0.875. The van der Waals surface area contributed by atoms with Crippen molar-refractivity contribution in [3.8, 4) is 11.3 Å². The largest absolute Gasteiger partial charge is 0.368 e. The summed E-state index contributed by atoms with van der Waals surface area (Å²) in [6.07, 6.45) is 2.58. The highest BCUT2D eigenvalue weighted by Gasteiger charge is 2.35. The Morgan fingerprint density at radius 1 is 1.21 bits per heavy atom. The smallest absolute Gasteiger partial charge is 0.222 e. The molecule has 0 aliphatic carbocycles. The molecule has 0 amide bonds. The molecule has 2 aliphatic rings. The number of nitrogen functional groups attached to an aromatic ring is 1. The number of hydrogen-bond acceptors (Lipinski definition) is 5. The lowest BCUT2D eigenvalue weighted by molar-refractivity contribution is 0.340. The van der Waals surface area contributed by atoms with Crippen molar-refractivity contribution < 1.29 is 0 Å². The van der Waals surface area contributed by atoms with Crippen LogP contribution in [0.2, 0.25) is 0 Å². The Morgan fingerprint density at radius 3 is 2.88 bits per heavy atom. The summed E-state index contributed by atoms with van der Waals surface area (Å²) in [5.41, 5.74) is 9.20.